The molecule has 1 aliphatic heterocycles. The maximum Gasteiger partial charge on any atom is 0.0503 e. The number of nitrogens with one attached hydrogen (secondary N) is 1. The molecule has 1 unspecified atom stereocenters. The zero-order valence-corrected chi connectivity index (χ0v) is 11.5. The Labute approximate surface area is 106 Å². The Balaban J connectivity index is 1.70. The second-order valence-corrected chi connectivity index (χ2v) is 5.67. The fourth-order valence-electron chi connectivity index (χ4n) is 3.50. The highest BCUT2D eigenvalue weighted by Gasteiger charge is 2.30. The van der Waals surface area contributed by atoms with Gasteiger partial charge in [-0.3, -0.25) is 0 Å². The Bertz CT molecular complexity index is 214. The normalized spacial score (nSPS) is 35.3. The molecule has 0 aromatic carbocycles. The van der Waals surface area contributed by atoms with Crippen molar-refractivity contribution < 1.29 is 4.74 Å². The molecule has 1 aliphatic carbocycles. The molecule has 2 fully saturated rings. The number of ether oxygens (including phenoxy) is 1. The number of likely N-dealkylation sites (tertiary alicyclic amines) is 1. The van der Waals surface area contributed by atoms with Crippen LogP contribution in [0.4, 0.5) is 0 Å². The summed E-state index contributed by atoms with van der Waals surface area (Å²) in [4.78, 5) is 2.71. The van der Waals surface area contributed by atoms with Gasteiger partial charge in [-0.2, -0.15) is 0 Å². The third-order valence-electron chi connectivity index (χ3n) is 4.43. The minimum atomic E-state index is 0.784. The maximum absolute atomic E-state index is 5.27. The SMILES string of the molecule is CCNC1CCC(N2CCC(COC)C2)CC1. The van der Waals surface area contributed by atoms with Crippen molar-refractivity contribution in [1.82, 2.24) is 10.2 Å². The summed E-state index contributed by atoms with van der Waals surface area (Å²) in [6.07, 6.45) is 6.84. The molecule has 17 heavy (non-hydrogen) atoms. The van der Waals surface area contributed by atoms with Crippen LogP contribution in [0.15, 0.2) is 0 Å². The molecule has 0 aromatic rings. The molecule has 100 valence electrons. The minimum Gasteiger partial charge on any atom is -0.384 e. The quantitative estimate of drug-likeness (QED) is 0.794. The zero-order valence-electron chi connectivity index (χ0n) is 11.5. The van der Waals surface area contributed by atoms with Crippen molar-refractivity contribution in [2.24, 2.45) is 5.92 Å². The lowest BCUT2D eigenvalue weighted by Gasteiger charge is -2.35. The van der Waals surface area contributed by atoms with Crippen molar-refractivity contribution in [2.75, 3.05) is 33.4 Å². The average molecular weight is 240 g/mol. The van der Waals surface area contributed by atoms with E-state index in [9.17, 15) is 0 Å². The summed E-state index contributed by atoms with van der Waals surface area (Å²) < 4.78 is 5.27. The molecule has 0 radical (unpaired) electrons. The molecular weight excluding hydrogens is 212 g/mol. The van der Waals surface area contributed by atoms with Crippen LogP contribution in [0, 0.1) is 5.92 Å². The summed E-state index contributed by atoms with van der Waals surface area (Å²) >= 11 is 0. The number of rotatable bonds is 5. The van der Waals surface area contributed by atoms with Crippen LogP contribution in [0.25, 0.3) is 0 Å². The Hall–Kier alpha value is -0.120. The monoisotopic (exact) mass is 240 g/mol. The lowest BCUT2D eigenvalue weighted by atomic mass is 9.90. The Morgan fingerprint density at radius 3 is 2.59 bits per heavy atom. The van der Waals surface area contributed by atoms with E-state index in [-0.39, 0.29) is 0 Å². The van der Waals surface area contributed by atoms with Crippen LogP contribution in [0.5, 0.6) is 0 Å². The van der Waals surface area contributed by atoms with E-state index in [1.165, 1.54) is 45.2 Å². The topological polar surface area (TPSA) is 24.5 Å². The van der Waals surface area contributed by atoms with Gasteiger partial charge in [0.05, 0.1) is 6.61 Å². The van der Waals surface area contributed by atoms with Crippen LogP contribution >= 0.6 is 0 Å². The van der Waals surface area contributed by atoms with Crippen molar-refractivity contribution in [3.8, 4) is 0 Å². The Morgan fingerprint density at radius 2 is 1.94 bits per heavy atom. The first kappa shape index (κ1) is 13.3. The summed E-state index contributed by atoms with van der Waals surface area (Å²) in [7, 11) is 1.82. The summed E-state index contributed by atoms with van der Waals surface area (Å²) in [5, 5.41) is 3.59. The molecule has 0 spiro atoms. The number of methoxy groups -OCH3 is 1. The van der Waals surface area contributed by atoms with Crippen LogP contribution in [0.3, 0.4) is 0 Å². The molecule has 1 atom stereocenters. The van der Waals surface area contributed by atoms with Gasteiger partial charge in [-0.15, -0.1) is 0 Å². The first-order chi connectivity index (χ1) is 8.33. The highest BCUT2D eigenvalue weighted by molar-refractivity contribution is 4.86. The highest BCUT2D eigenvalue weighted by atomic mass is 16.5. The maximum atomic E-state index is 5.27. The molecule has 2 aliphatic rings. The van der Waals surface area contributed by atoms with Crippen molar-refractivity contribution in [2.45, 2.75) is 51.1 Å². The molecule has 1 saturated heterocycles. The highest BCUT2D eigenvalue weighted by Crippen LogP contribution is 2.28. The van der Waals surface area contributed by atoms with Gasteiger partial charge in [0.15, 0.2) is 0 Å². The first-order valence-electron chi connectivity index (χ1n) is 7.29. The average Bonchev–Trinajstić information content (AvgIpc) is 2.80. The van der Waals surface area contributed by atoms with Crippen molar-refractivity contribution in [1.29, 1.82) is 0 Å². The van der Waals surface area contributed by atoms with Gasteiger partial charge >= 0.3 is 0 Å². The largest absolute Gasteiger partial charge is 0.384 e. The van der Waals surface area contributed by atoms with Crippen LogP contribution in [-0.4, -0.2) is 50.3 Å². The van der Waals surface area contributed by atoms with Crippen molar-refractivity contribution in [3.63, 3.8) is 0 Å². The van der Waals surface area contributed by atoms with Gasteiger partial charge in [-0.25, -0.2) is 0 Å². The van der Waals surface area contributed by atoms with Gasteiger partial charge in [-0.05, 0) is 51.1 Å². The molecular formula is C14H28N2O. The molecule has 1 N–H and O–H groups in total. The van der Waals surface area contributed by atoms with Crippen molar-refractivity contribution >= 4 is 0 Å². The summed E-state index contributed by atoms with van der Waals surface area (Å²) in [5.41, 5.74) is 0. The van der Waals surface area contributed by atoms with E-state index in [2.05, 4.69) is 17.1 Å². The summed E-state index contributed by atoms with van der Waals surface area (Å²) in [6, 6.07) is 1.64. The van der Waals surface area contributed by atoms with Crippen LogP contribution in [0.1, 0.15) is 39.0 Å². The number of hydrogen-bond donors (Lipinski definition) is 1. The van der Waals surface area contributed by atoms with Crippen LogP contribution in [-0.2, 0) is 4.74 Å². The van der Waals surface area contributed by atoms with E-state index < -0.39 is 0 Å². The number of nitrogens with zero attached hydrogens (tertiary/aromatic N) is 1. The van der Waals surface area contributed by atoms with Gasteiger partial charge in [0.2, 0.25) is 0 Å². The van der Waals surface area contributed by atoms with Gasteiger partial charge in [0.1, 0.15) is 0 Å². The van der Waals surface area contributed by atoms with Gasteiger partial charge in [0.25, 0.3) is 0 Å². The predicted molar refractivity (Wildman–Crippen MR) is 71.3 cm³/mol. The molecule has 2 rings (SSSR count). The van der Waals surface area contributed by atoms with Gasteiger partial charge < -0.3 is 15.0 Å². The lowest BCUT2D eigenvalue weighted by Crippen LogP contribution is -2.41. The fraction of sp³-hybridized carbons (Fsp3) is 1.00. The van der Waals surface area contributed by atoms with E-state index in [1.54, 1.807) is 0 Å². The molecule has 3 heteroatoms. The standard InChI is InChI=1S/C14H28N2O/c1-3-15-13-4-6-14(7-5-13)16-9-8-12(10-16)11-17-2/h12-15H,3-11H2,1-2H3. The Kier molecular flexibility index (Phi) is 5.26. The zero-order chi connectivity index (χ0) is 12.1. The van der Waals surface area contributed by atoms with E-state index in [0.29, 0.717) is 0 Å². The minimum absolute atomic E-state index is 0.784. The predicted octanol–water partition coefficient (Wildman–Crippen LogP) is 1.88. The molecule has 3 nitrogen and oxygen atoms in total. The second-order valence-electron chi connectivity index (χ2n) is 5.67. The van der Waals surface area contributed by atoms with E-state index in [0.717, 1.165) is 31.2 Å². The van der Waals surface area contributed by atoms with Gasteiger partial charge in [-0.1, -0.05) is 6.92 Å². The van der Waals surface area contributed by atoms with E-state index >= 15 is 0 Å². The second kappa shape index (κ2) is 6.72. The van der Waals surface area contributed by atoms with E-state index in [1.807, 2.05) is 7.11 Å². The third kappa shape index (κ3) is 3.67. The summed E-state index contributed by atoms with van der Waals surface area (Å²) in [5.74, 6) is 0.784. The molecule has 0 amide bonds. The molecule has 1 saturated carbocycles. The van der Waals surface area contributed by atoms with Crippen LogP contribution < -0.4 is 5.32 Å². The van der Waals surface area contributed by atoms with Gasteiger partial charge in [0, 0.05) is 25.7 Å². The third-order valence-corrected chi connectivity index (χ3v) is 4.43. The van der Waals surface area contributed by atoms with Crippen molar-refractivity contribution in [3.05, 3.63) is 0 Å². The Morgan fingerprint density at radius 1 is 1.18 bits per heavy atom. The molecule has 0 bridgehead atoms. The molecule has 0 aromatic heterocycles. The fourth-order valence-corrected chi connectivity index (χ4v) is 3.50. The summed E-state index contributed by atoms with van der Waals surface area (Å²) in [6.45, 7) is 6.84. The van der Waals surface area contributed by atoms with Crippen LogP contribution in [0.2, 0.25) is 0 Å². The number of hydrogen-bond acceptors (Lipinski definition) is 3. The molecule has 1 heterocycles. The smallest absolute Gasteiger partial charge is 0.0503 e. The van der Waals surface area contributed by atoms with E-state index in [4.69, 9.17) is 4.74 Å². The first-order valence-corrected chi connectivity index (χ1v) is 7.29. The lowest BCUT2D eigenvalue weighted by molar-refractivity contribution is 0.134.